The van der Waals surface area contributed by atoms with Crippen molar-refractivity contribution in [2.75, 3.05) is 57.4 Å². The summed E-state index contributed by atoms with van der Waals surface area (Å²) < 4.78 is 34.0. The zero-order valence-corrected chi connectivity index (χ0v) is 20.3. The molecule has 0 atom stereocenters. The SMILES string of the molecule is O=C1CCCN1c1ccc(S(=O)(=O)N2CCCC3(CCN(CC4CCOCC4)CC3)C2)cn1. The second-order valence-corrected chi connectivity index (χ2v) is 12.2. The van der Waals surface area contributed by atoms with Crippen molar-refractivity contribution < 1.29 is 17.9 Å². The number of amides is 1. The van der Waals surface area contributed by atoms with Gasteiger partial charge in [0.25, 0.3) is 0 Å². The Hall–Kier alpha value is -1.55. The highest BCUT2D eigenvalue weighted by molar-refractivity contribution is 7.89. The van der Waals surface area contributed by atoms with Gasteiger partial charge in [-0.05, 0) is 81.5 Å². The van der Waals surface area contributed by atoms with Gasteiger partial charge in [-0.25, -0.2) is 13.4 Å². The number of anilines is 1. The summed E-state index contributed by atoms with van der Waals surface area (Å²) >= 11 is 0. The summed E-state index contributed by atoms with van der Waals surface area (Å²) in [6.45, 7) is 6.88. The fourth-order valence-electron chi connectivity index (χ4n) is 6.00. The lowest BCUT2D eigenvalue weighted by molar-refractivity contribution is -0.117. The van der Waals surface area contributed by atoms with Crippen molar-refractivity contribution in [2.45, 2.75) is 56.3 Å². The van der Waals surface area contributed by atoms with E-state index in [0.29, 0.717) is 31.9 Å². The van der Waals surface area contributed by atoms with Crippen molar-refractivity contribution in [1.29, 1.82) is 0 Å². The molecule has 0 aromatic carbocycles. The van der Waals surface area contributed by atoms with Crippen molar-refractivity contribution in [1.82, 2.24) is 14.2 Å². The van der Waals surface area contributed by atoms with E-state index in [4.69, 9.17) is 4.74 Å². The van der Waals surface area contributed by atoms with Crippen molar-refractivity contribution in [2.24, 2.45) is 11.3 Å². The van der Waals surface area contributed by atoms with Gasteiger partial charge in [0, 0.05) is 52.0 Å². The maximum atomic E-state index is 13.4. The van der Waals surface area contributed by atoms with Gasteiger partial charge in [0.15, 0.2) is 0 Å². The highest BCUT2D eigenvalue weighted by Crippen LogP contribution is 2.41. The molecule has 0 radical (unpaired) electrons. The molecule has 4 aliphatic rings. The molecule has 0 saturated carbocycles. The first-order valence-electron chi connectivity index (χ1n) is 12.5. The van der Waals surface area contributed by atoms with Crippen LogP contribution in [0.1, 0.15) is 51.4 Å². The monoisotopic (exact) mass is 476 g/mol. The van der Waals surface area contributed by atoms with Crippen LogP contribution in [0.25, 0.3) is 0 Å². The Labute approximate surface area is 197 Å². The highest BCUT2D eigenvalue weighted by atomic mass is 32.2. The van der Waals surface area contributed by atoms with Gasteiger partial charge in [0.2, 0.25) is 15.9 Å². The zero-order valence-electron chi connectivity index (χ0n) is 19.5. The maximum Gasteiger partial charge on any atom is 0.244 e. The quantitative estimate of drug-likeness (QED) is 0.649. The van der Waals surface area contributed by atoms with Gasteiger partial charge < -0.3 is 9.64 Å². The minimum absolute atomic E-state index is 0.0549. The summed E-state index contributed by atoms with van der Waals surface area (Å²) in [6.07, 6.45) is 9.25. The third kappa shape index (κ3) is 4.97. The van der Waals surface area contributed by atoms with Gasteiger partial charge in [0.05, 0.1) is 0 Å². The summed E-state index contributed by atoms with van der Waals surface area (Å²) in [6, 6.07) is 3.28. The molecule has 8 nitrogen and oxygen atoms in total. The van der Waals surface area contributed by atoms with Gasteiger partial charge in [-0.3, -0.25) is 9.69 Å². The molecule has 33 heavy (non-hydrogen) atoms. The van der Waals surface area contributed by atoms with Crippen LogP contribution in [0, 0.1) is 11.3 Å². The Morgan fingerprint density at radius 2 is 1.82 bits per heavy atom. The smallest absolute Gasteiger partial charge is 0.244 e. The third-order valence-corrected chi connectivity index (χ3v) is 9.94. The Morgan fingerprint density at radius 3 is 2.48 bits per heavy atom. The molecule has 9 heteroatoms. The predicted molar refractivity (Wildman–Crippen MR) is 125 cm³/mol. The summed E-state index contributed by atoms with van der Waals surface area (Å²) in [5, 5.41) is 0. The summed E-state index contributed by atoms with van der Waals surface area (Å²) in [4.78, 5) is 20.7. The average molecular weight is 477 g/mol. The molecule has 0 aliphatic carbocycles. The van der Waals surface area contributed by atoms with E-state index in [9.17, 15) is 13.2 Å². The van der Waals surface area contributed by atoms with E-state index in [0.717, 1.165) is 83.7 Å². The molecule has 1 amide bonds. The lowest BCUT2D eigenvalue weighted by atomic mass is 9.73. The van der Waals surface area contributed by atoms with Crippen LogP contribution in [0.2, 0.25) is 0 Å². The number of ether oxygens (including phenoxy) is 1. The number of rotatable bonds is 5. The number of nitrogens with zero attached hydrogens (tertiary/aromatic N) is 4. The Morgan fingerprint density at radius 1 is 1.03 bits per heavy atom. The maximum absolute atomic E-state index is 13.4. The van der Waals surface area contributed by atoms with E-state index in [-0.39, 0.29) is 16.2 Å². The van der Waals surface area contributed by atoms with Crippen LogP contribution in [-0.4, -0.2) is 81.0 Å². The molecule has 0 N–H and O–H groups in total. The molecule has 1 spiro atoms. The topological polar surface area (TPSA) is 83.1 Å². The summed E-state index contributed by atoms with van der Waals surface area (Å²) in [5.74, 6) is 1.34. The van der Waals surface area contributed by atoms with Gasteiger partial charge in [0.1, 0.15) is 10.7 Å². The van der Waals surface area contributed by atoms with Gasteiger partial charge in [-0.2, -0.15) is 4.31 Å². The zero-order chi connectivity index (χ0) is 22.9. The van der Waals surface area contributed by atoms with Gasteiger partial charge >= 0.3 is 0 Å². The summed E-state index contributed by atoms with van der Waals surface area (Å²) in [7, 11) is -3.59. The molecule has 5 rings (SSSR count). The largest absolute Gasteiger partial charge is 0.381 e. The minimum atomic E-state index is -3.59. The molecule has 182 valence electrons. The number of likely N-dealkylation sites (tertiary alicyclic amines) is 1. The minimum Gasteiger partial charge on any atom is -0.381 e. The van der Waals surface area contributed by atoms with Crippen LogP contribution in [0.4, 0.5) is 5.82 Å². The standard InChI is InChI=1S/C24H36N4O4S/c29-23-3-1-12-28(23)22-5-4-21(17-25-22)33(30,31)27-11-2-8-24(19-27)9-13-26(14-10-24)18-20-6-15-32-16-7-20/h4-5,17,20H,1-3,6-16,18-19H2. The predicted octanol–water partition coefficient (Wildman–Crippen LogP) is 2.50. The molecule has 0 unspecified atom stereocenters. The molecule has 4 saturated heterocycles. The molecule has 4 aliphatic heterocycles. The number of sulfonamides is 1. The molecule has 1 aromatic heterocycles. The van der Waals surface area contributed by atoms with Crippen LogP contribution < -0.4 is 4.90 Å². The van der Waals surface area contributed by atoms with Crippen molar-refractivity contribution >= 4 is 21.7 Å². The average Bonchev–Trinajstić information content (AvgIpc) is 3.27. The molecule has 1 aromatic rings. The van der Waals surface area contributed by atoms with Crippen LogP contribution >= 0.6 is 0 Å². The molecular weight excluding hydrogens is 440 g/mol. The fraction of sp³-hybridized carbons (Fsp3) is 0.750. The van der Waals surface area contributed by atoms with Crippen molar-refractivity contribution in [3.05, 3.63) is 18.3 Å². The van der Waals surface area contributed by atoms with E-state index in [2.05, 4.69) is 9.88 Å². The second kappa shape index (κ2) is 9.60. The number of piperidine rings is 2. The molecule has 0 bridgehead atoms. The lowest BCUT2D eigenvalue weighted by Crippen LogP contribution is -2.51. The first kappa shape index (κ1) is 23.2. The lowest BCUT2D eigenvalue weighted by Gasteiger charge is -2.47. The van der Waals surface area contributed by atoms with Gasteiger partial charge in [-0.1, -0.05) is 0 Å². The Bertz CT molecular complexity index is 938. The van der Waals surface area contributed by atoms with E-state index in [1.54, 1.807) is 21.3 Å². The van der Waals surface area contributed by atoms with E-state index in [1.165, 1.54) is 6.20 Å². The number of carbonyl (C=O) groups excluding carboxylic acids is 1. The number of aromatic nitrogens is 1. The number of pyridine rings is 1. The number of hydrogen-bond donors (Lipinski definition) is 0. The second-order valence-electron chi connectivity index (χ2n) is 10.3. The van der Waals surface area contributed by atoms with E-state index in [1.807, 2.05) is 0 Å². The van der Waals surface area contributed by atoms with E-state index < -0.39 is 10.0 Å². The molecular formula is C24H36N4O4S. The fourth-order valence-corrected chi connectivity index (χ4v) is 7.54. The van der Waals surface area contributed by atoms with Gasteiger partial charge in [-0.15, -0.1) is 0 Å². The normalized spacial score (nSPS) is 25.7. The first-order chi connectivity index (χ1) is 16.0. The summed E-state index contributed by atoms with van der Waals surface area (Å²) in [5.41, 5.74) is 0.0901. The van der Waals surface area contributed by atoms with Crippen LogP contribution in [0.15, 0.2) is 23.2 Å². The van der Waals surface area contributed by atoms with Crippen LogP contribution in [-0.2, 0) is 19.6 Å². The Kier molecular flexibility index (Phi) is 6.75. The first-order valence-corrected chi connectivity index (χ1v) is 14.0. The third-order valence-electron chi connectivity index (χ3n) is 8.11. The highest BCUT2D eigenvalue weighted by Gasteiger charge is 2.42. The molecule has 4 fully saturated rings. The molecule has 5 heterocycles. The van der Waals surface area contributed by atoms with Crippen molar-refractivity contribution in [3.8, 4) is 0 Å². The van der Waals surface area contributed by atoms with E-state index >= 15 is 0 Å². The number of carbonyl (C=O) groups is 1. The number of hydrogen-bond acceptors (Lipinski definition) is 6. The van der Waals surface area contributed by atoms with Crippen LogP contribution in [0.3, 0.4) is 0 Å². The van der Waals surface area contributed by atoms with Crippen molar-refractivity contribution in [3.63, 3.8) is 0 Å². The Balaban J connectivity index is 1.21. The van der Waals surface area contributed by atoms with Crippen LogP contribution in [0.5, 0.6) is 0 Å².